The maximum atomic E-state index is 12.8. The number of likely N-dealkylation sites (tertiary alicyclic amines) is 1. The van der Waals surface area contributed by atoms with E-state index in [0.717, 1.165) is 24.9 Å². The SMILES string of the molecule is CNC1CCCN(C(=O)c2ccc(=O)n(Cc3ccccc3Cl)c2)C1.Cl. The average Bonchev–Trinajstić information content (AvgIpc) is 2.64. The Kier molecular flexibility index (Phi) is 7.26. The third-order valence-electron chi connectivity index (χ3n) is 4.65. The van der Waals surface area contributed by atoms with Crippen LogP contribution in [-0.2, 0) is 6.54 Å². The van der Waals surface area contributed by atoms with Crippen LogP contribution < -0.4 is 10.9 Å². The smallest absolute Gasteiger partial charge is 0.255 e. The summed E-state index contributed by atoms with van der Waals surface area (Å²) in [5.74, 6) is -0.0344. The first kappa shape index (κ1) is 20.5. The summed E-state index contributed by atoms with van der Waals surface area (Å²) in [6, 6.07) is 10.8. The van der Waals surface area contributed by atoms with Crippen molar-refractivity contribution in [3.8, 4) is 0 Å². The van der Waals surface area contributed by atoms with Crippen molar-refractivity contribution in [1.82, 2.24) is 14.8 Å². The van der Waals surface area contributed by atoms with Gasteiger partial charge in [-0.05, 0) is 37.6 Å². The molecular formula is C19H23Cl2N3O2. The number of hydrogen-bond donors (Lipinski definition) is 1. The molecule has 0 radical (unpaired) electrons. The van der Waals surface area contributed by atoms with Crippen molar-refractivity contribution in [1.29, 1.82) is 0 Å². The third-order valence-corrected chi connectivity index (χ3v) is 5.01. The maximum absolute atomic E-state index is 12.8. The predicted molar refractivity (Wildman–Crippen MR) is 106 cm³/mol. The van der Waals surface area contributed by atoms with Crippen molar-refractivity contribution in [2.24, 2.45) is 0 Å². The van der Waals surface area contributed by atoms with Gasteiger partial charge in [-0.15, -0.1) is 12.4 Å². The highest BCUT2D eigenvalue weighted by Crippen LogP contribution is 2.17. The van der Waals surface area contributed by atoms with Crippen molar-refractivity contribution in [2.75, 3.05) is 20.1 Å². The first-order chi connectivity index (χ1) is 12.1. The topological polar surface area (TPSA) is 54.3 Å². The van der Waals surface area contributed by atoms with Gasteiger partial charge in [0.15, 0.2) is 0 Å². The number of hydrogen-bond acceptors (Lipinski definition) is 3. The van der Waals surface area contributed by atoms with E-state index in [0.29, 0.717) is 29.7 Å². The van der Waals surface area contributed by atoms with E-state index in [1.807, 2.05) is 30.1 Å². The van der Waals surface area contributed by atoms with Crippen LogP contribution in [0.25, 0.3) is 0 Å². The normalized spacial score (nSPS) is 16.8. The van der Waals surface area contributed by atoms with Crippen molar-refractivity contribution in [2.45, 2.75) is 25.4 Å². The molecule has 1 saturated heterocycles. The molecule has 3 rings (SSSR count). The van der Waals surface area contributed by atoms with Gasteiger partial charge in [-0.2, -0.15) is 0 Å². The van der Waals surface area contributed by atoms with Crippen molar-refractivity contribution < 1.29 is 4.79 Å². The minimum Gasteiger partial charge on any atom is -0.337 e. The van der Waals surface area contributed by atoms with Crippen LogP contribution in [0.1, 0.15) is 28.8 Å². The molecule has 1 amide bonds. The second kappa shape index (κ2) is 9.21. The molecule has 1 unspecified atom stereocenters. The zero-order valence-electron chi connectivity index (χ0n) is 14.7. The van der Waals surface area contributed by atoms with E-state index in [1.54, 1.807) is 18.3 Å². The number of amides is 1. The fourth-order valence-corrected chi connectivity index (χ4v) is 3.37. The Morgan fingerprint density at radius 1 is 1.27 bits per heavy atom. The van der Waals surface area contributed by atoms with Crippen LogP contribution in [0.3, 0.4) is 0 Å². The summed E-state index contributed by atoms with van der Waals surface area (Å²) in [6.45, 7) is 1.79. The Labute approximate surface area is 164 Å². The predicted octanol–water partition coefficient (Wildman–Crippen LogP) is 2.80. The molecule has 1 aliphatic heterocycles. The van der Waals surface area contributed by atoms with Crippen LogP contribution in [0.15, 0.2) is 47.4 Å². The molecule has 7 heteroatoms. The Bertz CT molecular complexity index is 822. The van der Waals surface area contributed by atoms with Gasteiger partial charge in [0.1, 0.15) is 0 Å². The van der Waals surface area contributed by atoms with Crippen LogP contribution in [-0.4, -0.2) is 41.6 Å². The van der Waals surface area contributed by atoms with E-state index in [2.05, 4.69) is 5.32 Å². The molecule has 1 aromatic heterocycles. The van der Waals surface area contributed by atoms with Gasteiger partial charge >= 0.3 is 0 Å². The molecule has 1 atom stereocenters. The lowest BCUT2D eigenvalue weighted by Gasteiger charge is -2.32. The summed E-state index contributed by atoms with van der Waals surface area (Å²) in [4.78, 5) is 26.8. The Balaban J connectivity index is 0.00000243. The lowest BCUT2D eigenvalue weighted by molar-refractivity contribution is 0.0697. The van der Waals surface area contributed by atoms with Gasteiger partial charge in [-0.1, -0.05) is 29.8 Å². The minimum absolute atomic E-state index is 0. The number of carbonyl (C=O) groups excluding carboxylic acids is 1. The van der Waals surface area contributed by atoms with Crippen LogP contribution >= 0.6 is 24.0 Å². The highest BCUT2D eigenvalue weighted by Gasteiger charge is 2.23. The largest absolute Gasteiger partial charge is 0.337 e. The van der Waals surface area contributed by atoms with Crippen molar-refractivity contribution in [3.63, 3.8) is 0 Å². The van der Waals surface area contributed by atoms with Gasteiger partial charge < -0.3 is 14.8 Å². The fraction of sp³-hybridized carbons (Fsp3) is 0.368. The standard InChI is InChI=1S/C19H22ClN3O2.ClH/c1-21-16-6-4-10-22(13-16)19(25)15-8-9-18(24)23(12-15)11-14-5-2-3-7-17(14)20;/h2-3,5,7-9,12,16,21H,4,6,10-11,13H2,1H3;1H. The van der Waals surface area contributed by atoms with Gasteiger partial charge in [0.25, 0.3) is 11.5 Å². The molecule has 1 N–H and O–H groups in total. The number of carbonyl (C=O) groups is 1. The van der Waals surface area contributed by atoms with Crippen LogP contribution in [0.5, 0.6) is 0 Å². The molecule has 1 aromatic carbocycles. The molecule has 2 heterocycles. The van der Waals surface area contributed by atoms with Gasteiger partial charge in [0.2, 0.25) is 0 Å². The van der Waals surface area contributed by atoms with Gasteiger partial charge in [0, 0.05) is 36.4 Å². The minimum atomic E-state index is -0.150. The van der Waals surface area contributed by atoms with E-state index in [-0.39, 0.29) is 23.9 Å². The number of nitrogens with zero attached hydrogens (tertiary/aromatic N) is 2. The molecule has 1 fully saturated rings. The van der Waals surface area contributed by atoms with Crippen LogP contribution in [0, 0.1) is 0 Å². The Morgan fingerprint density at radius 3 is 2.77 bits per heavy atom. The van der Waals surface area contributed by atoms with E-state index in [4.69, 9.17) is 11.6 Å². The molecule has 2 aromatic rings. The average molecular weight is 396 g/mol. The number of halogens is 2. The summed E-state index contributed by atoms with van der Waals surface area (Å²) >= 11 is 6.19. The van der Waals surface area contributed by atoms with Crippen LogP contribution in [0.2, 0.25) is 5.02 Å². The molecule has 1 aliphatic rings. The maximum Gasteiger partial charge on any atom is 0.255 e. The number of benzene rings is 1. The Morgan fingerprint density at radius 2 is 2.04 bits per heavy atom. The van der Waals surface area contributed by atoms with E-state index in [9.17, 15) is 9.59 Å². The quantitative estimate of drug-likeness (QED) is 0.865. The number of pyridine rings is 1. The second-order valence-corrected chi connectivity index (χ2v) is 6.76. The first-order valence-electron chi connectivity index (χ1n) is 8.49. The lowest BCUT2D eigenvalue weighted by atomic mass is 10.1. The molecule has 5 nitrogen and oxygen atoms in total. The first-order valence-corrected chi connectivity index (χ1v) is 8.86. The Hall–Kier alpha value is -1.82. The van der Waals surface area contributed by atoms with Crippen LogP contribution in [0.4, 0.5) is 0 Å². The van der Waals surface area contributed by atoms with Gasteiger partial charge in [-0.25, -0.2) is 0 Å². The summed E-state index contributed by atoms with van der Waals surface area (Å²) in [7, 11) is 1.92. The summed E-state index contributed by atoms with van der Waals surface area (Å²) in [5.41, 5.74) is 1.23. The number of piperidine rings is 1. The van der Waals surface area contributed by atoms with Gasteiger partial charge in [0.05, 0.1) is 12.1 Å². The van der Waals surface area contributed by atoms with E-state index in [1.165, 1.54) is 10.6 Å². The highest BCUT2D eigenvalue weighted by atomic mass is 35.5. The number of nitrogens with one attached hydrogen (secondary N) is 1. The van der Waals surface area contributed by atoms with Crippen molar-refractivity contribution in [3.05, 3.63) is 69.1 Å². The fourth-order valence-electron chi connectivity index (χ4n) is 3.17. The number of aromatic nitrogens is 1. The molecule has 26 heavy (non-hydrogen) atoms. The monoisotopic (exact) mass is 395 g/mol. The summed E-state index contributed by atoms with van der Waals surface area (Å²) in [6.07, 6.45) is 3.69. The number of rotatable bonds is 4. The summed E-state index contributed by atoms with van der Waals surface area (Å²) < 4.78 is 1.54. The van der Waals surface area contributed by atoms with E-state index >= 15 is 0 Å². The summed E-state index contributed by atoms with van der Waals surface area (Å²) in [5, 5.41) is 3.85. The van der Waals surface area contributed by atoms with Crippen molar-refractivity contribution >= 4 is 29.9 Å². The van der Waals surface area contributed by atoms with E-state index < -0.39 is 0 Å². The van der Waals surface area contributed by atoms with Gasteiger partial charge in [-0.3, -0.25) is 9.59 Å². The zero-order chi connectivity index (χ0) is 17.8. The zero-order valence-corrected chi connectivity index (χ0v) is 16.2. The molecule has 140 valence electrons. The number of likely N-dealkylation sites (N-methyl/N-ethyl adjacent to an activating group) is 1. The molecular weight excluding hydrogens is 373 g/mol. The third kappa shape index (κ3) is 4.67. The second-order valence-electron chi connectivity index (χ2n) is 6.35. The highest BCUT2D eigenvalue weighted by molar-refractivity contribution is 6.31. The molecule has 0 aliphatic carbocycles. The molecule has 0 spiro atoms. The molecule has 0 bridgehead atoms. The molecule has 0 saturated carbocycles. The lowest BCUT2D eigenvalue weighted by Crippen LogP contribution is -2.47.